The minimum absolute atomic E-state index is 0.0731. The van der Waals surface area contributed by atoms with E-state index < -0.39 is 30.0 Å². The van der Waals surface area contributed by atoms with Gasteiger partial charge in [-0.1, -0.05) is 0 Å². The van der Waals surface area contributed by atoms with Gasteiger partial charge in [-0.25, -0.2) is 4.57 Å². The summed E-state index contributed by atoms with van der Waals surface area (Å²) in [7, 11) is 0. The largest absolute Gasteiger partial charge is 0.384 e. The topological polar surface area (TPSA) is 198 Å². The molecule has 0 saturated carbocycles. The summed E-state index contributed by atoms with van der Waals surface area (Å²) >= 11 is 0.665. The van der Waals surface area contributed by atoms with Crippen molar-refractivity contribution < 1.29 is 33.9 Å². The molecule has 6 N–H and O–H groups in total. The van der Waals surface area contributed by atoms with E-state index in [0.29, 0.717) is 35.8 Å². The number of nitrogens with one attached hydrogen (secondary N) is 1. The Labute approximate surface area is 177 Å². The summed E-state index contributed by atoms with van der Waals surface area (Å²) in [5, 5.41) is 23.4. The van der Waals surface area contributed by atoms with Crippen molar-refractivity contribution in [3.05, 3.63) is 34.1 Å². The Balaban J connectivity index is 0.000000329. The van der Waals surface area contributed by atoms with Crippen LogP contribution in [-0.2, 0) is 14.1 Å². The van der Waals surface area contributed by atoms with E-state index in [1.54, 1.807) is 6.92 Å². The molecule has 3 unspecified atom stereocenters. The standard InChI is InChI=1S/C11H12N2O5.C5H15N2O3PS/c1-6-11(15)9(14)4-10(18-6)7-2-3-12-5-8(7)13(16)17;6-2-1-3-7-4-5-12-11(8,9)10/h2-3,5-6,10-11,15H,4H2,1H3;7H,1-6H2,(H2,8,9,10). The maximum absolute atomic E-state index is 11.6. The number of ketones is 1. The zero-order chi connectivity index (χ0) is 22.7. The third-order valence-electron chi connectivity index (χ3n) is 4.01. The van der Waals surface area contributed by atoms with Crippen molar-refractivity contribution in [2.24, 2.45) is 5.73 Å². The Morgan fingerprint density at radius 1 is 1.47 bits per heavy atom. The molecular weight excluding hydrogens is 439 g/mol. The summed E-state index contributed by atoms with van der Waals surface area (Å²) in [6.45, 7) is -0.264. The highest BCUT2D eigenvalue weighted by Crippen LogP contribution is 2.49. The first-order valence-electron chi connectivity index (χ1n) is 9.12. The lowest BCUT2D eigenvalue weighted by Gasteiger charge is -2.30. The van der Waals surface area contributed by atoms with Gasteiger partial charge in [0.05, 0.1) is 22.7 Å². The molecule has 14 heteroatoms. The van der Waals surface area contributed by atoms with Crippen molar-refractivity contribution in [2.75, 3.05) is 25.4 Å². The third kappa shape index (κ3) is 9.58. The number of carbonyl (C=O) groups excluding carboxylic acids is 1. The van der Waals surface area contributed by atoms with Crippen molar-refractivity contribution in [2.45, 2.75) is 38.1 Å². The monoisotopic (exact) mass is 466 g/mol. The van der Waals surface area contributed by atoms with Gasteiger partial charge in [-0.05, 0) is 43.9 Å². The molecule has 30 heavy (non-hydrogen) atoms. The highest BCUT2D eigenvalue weighted by Gasteiger charge is 2.36. The van der Waals surface area contributed by atoms with Gasteiger partial charge in [0, 0.05) is 24.9 Å². The molecule has 0 aromatic carbocycles. The summed E-state index contributed by atoms with van der Waals surface area (Å²) in [6.07, 6.45) is 0.798. The molecule has 1 aromatic heterocycles. The minimum Gasteiger partial charge on any atom is -0.383 e. The van der Waals surface area contributed by atoms with Crippen LogP contribution in [0.3, 0.4) is 0 Å². The van der Waals surface area contributed by atoms with Crippen LogP contribution in [0.5, 0.6) is 0 Å². The molecule has 2 heterocycles. The van der Waals surface area contributed by atoms with Crippen LogP contribution in [0.15, 0.2) is 18.5 Å². The Morgan fingerprint density at radius 2 is 2.17 bits per heavy atom. The Bertz CT molecular complexity index is 750. The highest BCUT2D eigenvalue weighted by atomic mass is 32.7. The van der Waals surface area contributed by atoms with Crippen molar-refractivity contribution >= 4 is 29.6 Å². The number of nitro groups is 1. The number of aliphatic hydroxyl groups excluding tert-OH is 1. The van der Waals surface area contributed by atoms with Crippen LogP contribution < -0.4 is 11.1 Å². The zero-order valence-electron chi connectivity index (χ0n) is 16.4. The van der Waals surface area contributed by atoms with Crippen LogP contribution in [0.2, 0.25) is 0 Å². The van der Waals surface area contributed by atoms with Gasteiger partial charge in [0.2, 0.25) is 0 Å². The third-order valence-corrected chi connectivity index (χ3v) is 6.29. The first kappa shape index (κ1) is 26.6. The van der Waals surface area contributed by atoms with E-state index in [9.17, 15) is 24.6 Å². The molecule has 1 aliphatic heterocycles. The number of aromatic nitrogens is 1. The zero-order valence-corrected chi connectivity index (χ0v) is 18.1. The molecule has 2 rings (SSSR count). The Kier molecular flexibility index (Phi) is 11.6. The molecule has 0 bridgehead atoms. The number of hydrogen-bond acceptors (Lipinski definition) is 10. The molecular formula is C16H27N4O8PS. The number of rotatable bonds is 9. The predicted molar refractivity (Wildman–Crippen MR) is 111 cm³/mol. The van der Waals surface area contributed by atoms with E-state index in [1.807, 2.05) is 0 Å². The Morgan fingerprint density at radius 3 is 2.73 bits per heavy atom. The van der Waals surface area contributed by atoms with Gasteiger partial charge in [-0.3, -0.25) is 19.9 Å². The van der Waals surface area contributed by atoms with Gasteiger partial charge in [0.1, 0.15) is 12.3 Å². The van der Waals surface area contributed by atoms with Crippen LogP contribution in [0.25, 0.3) is 0 Å². The first-order chi connectivity index (χ1) is 14.1. The summed E-state index contributed by atoms with van der Waals surface area (Å²) in [4.78, 5) is 42.4. The van der Waals surface area contributed by atoms with Gasteiger partial charge < -0.3 is 30.7 Å². The van der Waals surface area contributed by atoms with Gasteiger partial charge in [0.15, 0.2) is 5.78 Å². The molecule has 170 valence electrons. The van der Waals surface area contributed by atoms with Crippen molar-refractivity contribution in [3.63, 3.8) is 0 Å². The number of hydrogen-bond donors (Lipinski definition) is 5. The van der Waals surface area contributed by atoms with Crippen LogP contribution >= 0.6 is 18.2 Å². The summed E-state index contributed by atoms with van der Waals surface area (Å²) < 4.78 is 15.8. The predicted octanol–water partition coefficient (Wildman–Crippen LogP) is 0.520. The van der Waals surface area contributed by atoms with Crippen LogP contribution in [-0.4, -0.2) is 68.2 Å². The average molecular weight is 466 g/mol. The lowest BCUT2D eigenvalue weighted by Crippen LogP contribution is -2.40. The first-order valence-corrected chi connectivity index (χ1v) is 12.3. The number of pyridine rings is 1. The van der Waals surface area contributed by atoms with E-state index in [2.05, 4.69) is 10.3 Å². The Hall–Kier alpha value is -1.44. The molecule has 0 radical (unpaired) electrons. The number of aliphatic hydroxyl groups is 1. The van der Waals surface area contributed by atoms with Gasteiger partial charge in [0.25, 0.3) is 5.69 Å². The molecule has 1 aliphatic rings. The lowest BCUT2D eigenvalue weighted by atomic mass is 9.95. The van der Waals surface area contributed by atoms with Crippen LogP contribution in [0.1, 0.15) is 31.4 Å². The second-order valence-electron chi connectivity index (χ2n) is 6.35. The quantitative estimate of drug-likeness (QED) is 0.146. The summed E-state index contributed by atoms with van der Waals surface area (Å²) in [5.41, 5.74) is 5.37. The van der Waals surface area contributed by atoms with Gasteiger partial charge in [-0.15, -0.1) is 0 Å². The number of carbonyl (C=O) groups is 1. The fourth-order valence-corrected chi connectivity index (χ4v) is 4.00. The van der Waals surface area contributed by atoms with Crippen LogP contribution in [0, 0.1) is 10.1 Å². The van der Waals surface area contributed by atoms with Crippen molar-refractivity contribution in [1.82, 2.24) is 10.3 Å². The fourth-order valence-electron chi connectivity index (χ4n) is 2.54. The van der Waals surface area contributed by atoms with Crippen molar-refractivity contribution in [3.8, 4) is 0 Å². The minimum atomic E-state index is -3.87. The lowest BCUT2D eigenvalue weighted by molar-refractivity contribution is -0.386. The summed E-state index contributed by atoms with van der Waals surface area (Å²) in [5.74, 6) is 0.0549. The molecule has 12 nitrogen and oxygen atoms in total. The van der Waals surface area contributed by atoms with Gasteiger partial charge >= 0.3 is 6.80 Å². The van der Waals surface area contributed by atoms with Gasteiger partial charge in [-0.2, -0.15) is 0 Å². The van der Waals surface area contributed by atoms with Crippen molar-refractivity contribution in [1.29, 1.82) is 0 Å². The molecule has 0 spiro atoms. The molecule has 1 saturated heterocycles. The molecule has 1 aromatic rings. The molecule has 1 fully saturated rings. The maximum atomic E-state index is 11.6. The van der Waals surface area contributed by atoms with E-state index in [0.717, 1.165) is 19.2 Å². The van der Waals surface area contributed by atoms with E-state index in [1.165, 1.54) is 12.3 Å². The number of nitrogens with two attached hydrogens (primary N) is 1. The normalized spacial score (nSPS) is 21.6. The second kappa shape index (κ2) is 13.1. The van der Waals surface area contributed by atoms with Crippen LogP contribution in [0.4, 0.5) is 5.69 Å². The van der Waals surface area contributed by atoms with E-state index in [4.69, 9.17) is 20.3 Å². The number of ether oxygens (including phenoxy) is 1. The van der Waals surface area contributed by atoms with E-state index >= 15 is 0 Å². The average Bonchev–Trinajstić information content (AvgIpc) is 2.68. The SMILES string of the molecule is CC1OC(c2ccncc2[N+](=O)[O-])CC(=O)C1O.NCCCNCCSP(=O)(O)O. The second-order valence-corrected chi connectivity index (χ2v) is 10.2. The maximum Gasteiger partial charge on any atom is 0.384 e. The smallest absolute Gasteiger partial charge is 0.383 e. The molecule has 0 aliphatic carbocycles. The summed E-state index contributed by atoms with van der Waals surface area (Å²) in [6, 6.07) is 1.46. The highest BCUT2D eigenvalue weighted by molar-refractivity contribution is 8.54. The molecule has 0 amide bonds. The molecule has 3 atom stereocenters. The number of Topliss-reactive ketones (excluding diaryl/α,β-unsaturated/α-hetero) is 1. The fraction of sp³-hybridized carbons (Fsp3) is 0.625. The number of nitrogens with zero attached hydrogens (tertiary/aromatic N) is 2. The van der Waals surface area contributed by atoms with E-state index in [-0.39, 0.29) is 17.9 Å².